The summed E-state index contributed by atoms with van der Waals surface area (Å²) in [6.45, 7) is 4.35. The molecule has 2 heterocycles. The van der Waals surface area contributed by atoms with Crippen LogP contribution in [0.4, 0.5) is 5.69 Å². The number of para-hydroxylation sites is 1. The molecular formula is C23H29N3O3. The highest BCUT2D eigenvalue weighted by atomic mass is 16.2. The number of carbonyl (C=O) groups is 3. The van der Waals surface area contributed by atoms with E-state index >= 15 is 0 Å². The molecule has 4 aliphatic rings. The lowest BCUT2D eigenvalue weighted by Crippen LogP contribution is -2.71. The summed E-state index contributed by atoms with van der Waals surface area (Å²) in [6.07, 6.45) is 5.67. The number of rotatable bonds is 4. The molecule has 1 aromatic rings. The molecule has 0 spiro atoms. The van der Waals surface area contributed by atoms with Crippen LogP contribution >= 0.6 is 0 Å². The van der Waals surface area contributed by atoms with E-state index in [0.717, 1.165) is 5.92 Å². The fourth-order valence-corrected chi connectivity index (χ4v) is 6.54. The maximum Gasteiger partial charge on any atom is 0.267 e. The van der Waals surface area contributed by atoms with Crippen molar-refractivity contribution >= 4 is 23.4 Å². The monoisotopic (exact) mass is 395 g/mol. The van der Waals surface area contributed by atoms with E-state index in [2.05, 4.69) is 12.2 Å². The van der Waals surface area contributed by atoms with Gasteiger partial charge in [-0.1, -0.05) is 18.6 Å². The molecule has 1 saturated heterocycles. The number of nitrogens with zero attached hydrogens (tertiary/aromatic N) is 2. The lowest BCUT2D eigenvalue weighted by molar-refractivity contribution is -0.134. The summed E-state index contributed by atoms with van der Waals surface area (Å²) in [6, 6.07) is 7.20. The Morgan fingerprint density at radius 2 is 2.03 bits per heavy atom. The van der Waals surface area contributed by atoms with Gasteiger partial charge in [-0.3, -0.25) is 19.3 Å². The van der Waals surface area contributed by atoms with Crippen LogP contribution < -0.4 is 10.2 Å². The standard InChI is InChI=1S/C23H29N3O3/c1-3-25-21(28)17-6-4-5-7-19(17)26-20(27)10-11-23(25,26)22(29)24-14(2)18-13-15-8-9-16(18)12-15/h4-7,14-16,18H,3,8-13H2,1-2H3,(H,24,29)/t14-,15-,16-,18-,23-/m0/s1. The van der Waals surface area contributed by atoms with E-state index in [9.17, 15) is 14.4 Å². The highest BCUT2D eigenvalue weighted by molar-refractivity contribution is 6.16. The van der Waals surface area contributed by atoms with Crippen molar-refractivity contribution < 1.29 is 14.4 Å². The van der Waals surface area contributed by atoms with E-state index in [1.54, 1.807) is 28.0 Å². The molecule has 5 atom stereocenters. The van der Waals surface area contributed by atoms with Gasteiger partial charge >= 0.3 is 0 Å². The van der Waals surface area contributed by atoms with Crippen LogP contribution in [0, 0.1) is 17.8 Å². The molecule has 6 nitrogen and oxygen atoms in total. The minimum Gasteiger partial charge on any atom is -0.350 e. The van der Waals surface area contributed by atoms with E-state index in [0.29, 0.717) is 36.1 Å². The number of carbonyl (C=O) groups excluding carboxylic acids is 3. The molecule has 2 aliphatic carbocycles. The SMILES string of the molecule is CCN1C(=O)c2ccccc2N2C(=O)CC[C@]12C(=O)N[C@@H](C)[C@@H]1C[C@H]2CC[C@H]1C2. The van der Waals surface area contributed by atoms with Gasteiger partial charge in [-0.05, 0) is 63.0 Å². The average molecular weight is 396 g/mol. The first-order valence-corrected chi connectivity index (χ1v) is 11.0. The van der Waals surface area contributed by atoms with Crippen molar-refractivity contribution in [3.63, 3.8) is 0 Å². The van der Waals surface area contributed by atoms with Crippen LogP contribution in [0.3, 0.4) is 0 Å². The summed E-state index contributed by atoms with van der Waals surface area (Å²) in [4.78, 5) is 43.1. The Kier molecular flexibility index (Phi) is 4.23. The van der Waals surface area contributed by atoms with Crippen molar-refractivity contribution in [2.24, 2.45) is 17.8 Å². The molecule has 0 unspecified atom stereocenters. The smallest absolute Gasteiger partial charge is 0.267 e. The zero-order chi connectivity index (χ0) is 20.3. The molecule has 1 N–H and O–H groups in total. The van der Waals surface area contributed by atoms with Crippen molar-refractivity contribution in [3.05, 3.63) is 29.8 Å². The van der Waals surface area contributed by atoms with Gasteiger partial charge in [0.25, 0.3) is 11.8 Å². The predicted octanol–water partition coefficient (Wildman–Crippen LogP) is 2.93. The molecule has 3 fully saturated rings. The predicted molar refractivity (Wildman–Crippen MR) is 109 cm³/mol. The minimum atomic E-state index is -1.25. The van der Waals surface area contributed by atoms with Crippen molar-refractivity contribution in [1.29, 1.82) is 0 Å². The average Bonchev–Trinajstić information content (AvgIpc) is 3.43. The number of hydrogen-bond acceptors (Lipinski definition) is 3. The Balaban J connectivity index is 1.50. The van der Waals surface area contributed by atoms with E-state index < -0.39 is 5.66 Å². The third kappa shape index (κ3) is 2.50. The fraction of sp³-hybridized carbons (Fsp3) is 0.609. The number of benzene rings is 1. The van der Waals surface area contributed by atoms with Crippen LogP contribution in [0.15, 0.2) is 24.3 Å². The summed E-state index contributed by atoms with van der Waals surface area (Å²) in [7, 11) is 0. The van der Waals surface area contributed by atoms with E-state index in [4.69, 9.17) is 0 Å². The van der Waals surface area contributed by atoms with Crippen LogP contribution in [0.1, 0.15) is 62.7 Å². The molecule has 5 rings (SSSR count). The Morgan fingerprint density at radius 1 is 1.24 bits per heavy atom. The van der Waals surface area contributed by atoms with Crippen molar-refractivity contribution in [1.82, 2.24) is 10.2 Å². The second-order valence-electron chi connectivity index (χ2n) is 9.21. The Labute approximate surface area is 171 Å². The third-order valence-corrected chi connectivity index (χ3v) is 7.85. The highest BCUT2D eigenvalue weighted by Gasteiger charge is 2.60. The molecule has 0 radical (unpaired) electrons. The van der Waals surface area contributed by atoms with Crippen LogP contribution in [-0.4, -0.2) is 40.9 Å². The summed E-state index contributed by atoms with van der Waals surface area (Å²) < 4.78 is 0. The highest BCUT2D eigenvalue weighted by Crippen LogP contribution is 2.50. The van der Waals surface area contributed by atoms with E-state index in [-0.39, 0.29) is 30.2 Å². The topological polar surface area (TPSA) is 69.7 Å². The first-order valence-electron chi connectivity index (χ1n) is 11.0. The van der Waals surface area contributed by atoms with Crippen molar-refractivity contribution in [3.8, 4) is 0 Å². The van der Waals surface area contributed by atoms with Gasteiger partial charge in [0.2, 0.25) is 11.6 Å². The second kappa shape index (κ2) is 6.57. The van der Waals surface area contributed by atoms with Gasteiger partial charge < -0.3 is 10.2 Å². The maximum absolute atomic E-state index is 13.7. The zero-order valence-electron chi connectivity index (χ0n) is 17.2. The van der Waals surface area contributed by atoms with Gasteiger partial charge in [0.1, 0.15) is 0 Å². The quantitative estimate of drug-likeness (QED) is 0.852. The molecule has 6 heteroatoms. The molecule has 2 saturated carbocycles. The summed E-state index contributed by atoms with van der Waals surface area (Å²) >= 11 is 0. The first kappa shape index (κ1) is 18.6. The summed E-state index contributed by atoms with van der Waals surface area (Å²) in [5.74, 6) is 1.54. The van der Waals surface area contributed by atoms with Gasteiger partial charge in [-0.15, -0.1) is 0 Å². The minimum absolute atomic E-state index is 0.0516. The van der Waals surface area contributed by atoms with Gasteiger partial charge in [0.15, 0.2) is 0 Å². The van der Waals surface area contributed by atoms with Crippen LogP contribution in [0.25, 0.3) is 0 Å². The Bertz CT molecular complexity index is 884. The normalized spacial score (nSPS) is 33.7. The Hall–Kier alpha value is -2.37. The first-order chi connectivity index (χ1) is 14.0. The summed E-state index contributed by atoms with van der Waals surface area (Å²) in [5.41, 5.74) is -0.190. The number of fused-ring (bicyclic) bond motifs is 5. The maximum atomic E-state index is 13.7. The number of amides is 3. The lowest BCUT2D eigenvalue weighted by atomic mass is 9.83. The van der Waals surface area contributed by atoms with E-state index in [1.807, 2.05) is 13.0 Å². The lowest BCUT2D eigenvalue weighted by Gasteiger charge is -2.49. The van der Waals surface area contributed by atoms with Crippen LogP contribution in [0.2, 0.25) is 0 Å². The largest absolute Gasteiger partial charge is 0.350 e. The van der Waals surface area contributed by atoms with Gasteiger partial charge in [-0.2, -0.15) is 0 Å². The number of nitrogens with one attached hydrogen (secondary N) is 1. The number of likely N-dealkylation sites (N-methyl/N-ethyl adjacent to an activating group) is 1. The number of anilines is 1. The van der Waals surface area contributed by atoms with E-state index in [1.165, 1.54) is 25.7 Å². The van der Waals surface area contributed by atoms with Crippen LogP contribution in [0.5, 0.6) is 0 Å². The number of hydrogen-bond donors (Lipinski definition) is 1. The van der Waals surface area contributed by atoms with Gasteiger partial charge in [0, 0.05) is 25.4 Å². The molecule has 0 aromatic heterocycles. The molecule has 3 amide bonds. The molecule has 154 valence electrons. The summed E-state index contributed by atoms with van der Waals surface area (Å²) in [5, 5.41) is 3.25. The molecule has 2 bridgehead atoms. The van der Waals surface area contributed by atoms with Gasteiger partial charge in [0.05, 0.1) is 11.3 Å². The molecule has 2 aliphatic heterocycles. The molecular weight excluding hydrogens is 366 g/mol. The Morgan fingerprint density at radius 3 is 2.72 bits per heavy atom. The van der Waals surface area contributed by atoms with Crippen molar-refractivity contribution in [2.45, 2.75) is 64.1 Å². The molecule has 1 aromatic carbocycles. The van der Waals surface area contributed by atoms with Crippen molar-refractivity contribution in [2.75, 3.05) is 11.4 Å². The zero-order valence-corrected chi connectivity index (χ0v) is 17.2. The fourth-order valence-electron chi connectivity index (χ4n) is 6.54. The van der Waals surface area contributed by atoms with Crippen LogP contribution in [-0.2, 0) is 9.59 Å². The third-order valence-electron chi connectivity index (χ3n) is 7.85. The molecule has 29 heavy (non-hydrogen) atoms. The second-order valence-corrected chi connectivity index (χ2v) is 9.21. The van der Waals surface area contributed by atoms with Gasteiger partial charge in [-0.25, -0.2) is 0 Å².